The molecule has 3 aromatic rings. The number of carbonyl (C=O) groups excluding carboxylic acids is 1. The number of hydrogen-bond donors (Lipinski definition) is 2. The van der Waals surface area contributed by atoms with Crippen molar-refractivity contribution in [3.05, 3.63) is 69.7 Å². The number of amides is 1. The van der Waals surface area contributed by atoms with Gasteiger partial charge in [-0.25, -0.2) is 17.5 Å². The molecule has 0 aliphatic heterocycles. The number of nitrogens with zero attached hydrogens (tertiary/aromatic N) is 3. The molecule has 13 heteroatoms. The van der Waals surface area contributed by atoms with Gasteiger partial charge in [0.05, 0.1) is 10.6 Å². The van der Waals surface area contributed by atoms with Crippen LogP contribution in [0.2, 0.25) is 0 Å². The number of hydrogen-bond acceptors (Lipinski definition) is 7. The molecule has 0 aliphatic rings. The number of nitrogens with one attached hydrogen (secondary N) is 2. The van der Waals surface area contributed by atoms with E-state index in [4.69, 9.17) is 4.74 Å². The molecule has 2 unspecified atom stereocenters. The van der Waals surface area contributed by atoms with Crippen LogP contribution < -0.4 is 14.8 Å². The molecule has 1 heterocycles. The maximum Gasteiger partial charge on any atom is 0.272 e. The van der Waals surface area contributed by atoms with Crippen LogP contribution in [0.3, 0.4) is 0 Å². The zero-order valence-corrected chi connectivity index (χ0v) is 22.5. The summed E-state index contributed by atoms with van der Waals surface area (Å²) in [6.07, 6.45) is 1.16. The van der Waals surface area contributed by atoms with Crippen LogP contribution in [0.4, 0.5) is 10.1 Å². The van der Waals surface area contributed by atoms with E-state index in [-0.39, 0.29) is 28.9 Å². The highest BCUT2D eigenvalue weighted by molar-refractivity contribution is 7.89. The molecule has 0 fully saturated rings. The lowest BCUT2D eigenvalue weighted by Crippen LogP contribution is -2.32. The lowest BCUT2D eigenvalue weighted by Gasteiger charge is -2.16. The standard InChI is InChI=1S/C25H30FN5O6S/c1-6-15(3)27-24(32)23-17(5)25(30(28-23)19-10-8-18(26)9-11-19)37-21-13-12-20(31(33)34)14-22(21)38(35,36)29-16(4)7-2/h8-16,29H,6-7H2,1-5H3,(H,27,32). The van der Waals surface area contributed by atoms with Gasteiger partial charge in [-0.15, -0.1) is 0 Å². The van der Waals surface area contributed by atoms with Crippen molar-refractivity contribution in [3.8, 4) is 17.3 Å². The Bertz CT molecular complexity index is 1440. The molecule has 38 heavy (non-hydrogen) atoms. The van der Waals surface area contributed by atoms with Crippen LogP contribution in [0.15, 0.2) is 47.4 Å². The Labute approximate surface area is 220 Å². The Morgan fingerprint density at radius 3 is 2.34 bits per heavy atom. The molecule has 0 radical (unpaired) electrons. The molecule has 1 amide bonds. The van der Waals surface area contributed by atoms with E-state index in [9.17, 15) is 27.7 Å². The third-order valence-electron chi connectivity index (χ3n) is 5.95. The molecule has 2 aromatic carbocycles. The van der Waals surface area contributed by atoms with Crippen LogP contribution >= 0.6 is 0 Å². The van der Waals surface area contributed by atoms with Crippen LogP contribution in [0.5, 0.6) is 11.6 Å². The Kier molecular flexibility index (Phi) is 8.84. The molecular formula is C25H30FN5O6S. The lowest BCUT2D eigenvalue weighted by molar-refractivity contribution is -0.385. The van der Waals surface area contributed by atoms with Gasteiger partial charge < -0.3 is 10.1 Å². The van der Waals surface area contributed by atoms with Gasteiger partial charge in [-0.3, -0.25) is 14.9 Å². The topological polar surface area (TPSA) is 145 Å². The zero-order chi connectivity index (χ0) is 28.2. The molecule has 0 spiro atoms. The Morgan fingerprint density at radius 2 is 1.76 bits per heavy atom. The third-order valence-corrected chi connectivity index (χ3v) is 7.56. The summed E-state index contributed by atoms with van der Waals surface area (Å²) in [5, 5.41) is 18.6. The molecule has 2 atom stereocenters. The van der Waals surface area contributed by atoms with Crippen LogP contribution in [-0.2, 0) is 10.0 Å². The summed E-state index contributed by atoms with van der Waals surface area (Å²) in [7, 11) is -4.24. The molecular weight excluding hydrogens is 517 g/mol. The van der Waals surface area contributed by atoms with E-state index in [2.05, 4.69) is 15.1 Å². The number of benzene rings is 2. The van der Waals surface area contributed by atoms with E-state index in [1.165, 1.54) is 35.0 Å². The maximum absolute atomic E-state index is 13.6. The minimum atomic E-state index is -4.24. The average molecular weight is 548 g/mol. The van der Waals surface area contributed by atoms with Crippen molar-refractivity contribution in [2.24, 2.45) is 0 Å². The van der Waals surface area contributed by atoms with Crippen molar-refractivity contribution >= 4 is 21.6 Å². The first-order valence-electron chi connectivity index (χ1n) is 12.0. The van der Waals surface area contributed by atoms with Gasteiger partial charge in [-0.1, -0.05) is 13.8 Å². The molecule has 0 aliphatic carbocycles. The number of carbonyl (C=O) groups is 1. The van der Waals surface area contributed by atoms with Crippen LogP contribution in [0, 0.1) is 22.9 Å². The Hall–Kier alpha value is -3.84. The largest absolute Gasteiger partial charge is 0.437 e. The first-order valence-corrected chi connectivity index (χ1v) is 13.5. The second kappa shape index (κ2) is 11.7. The molecule has 204 valence electrons. The number of halogens is 1. The molecule has 0 bridgehead atoms. The van der Waals surface area contributed by atoms with Crippen molar-refractivity contribution in [1.82, 2.24) is 19.8 Å². The predicted molar refractivity (Wildman–Crippen MR) is 139 cm³/mol. The summed E-state index contributed by atoms with van der Waals surface area (Å²) >= 11 is 0. The van der Waals surface area contributed by atoms with Crippen molar-refractivity contribution in [3.63, 3.8) is 0 Å². The second-order valence-corrected chi connectivity index (χ2v) is 10.6. The molecule has 3 rings (SSSR count). The quantitative estimate of drug-likeness (QED) is 0.263. The van der Waals surface area contributed by atoms with Crippen molar-refractivity contribution < 1.29 is 27.3 Å². The monoisotopic (exact) mass is 547 g/mol. The van der Waals surface area contributed by atoms with Gasteiger partial charge in [-0.05, 0) is 63.9 Å². The average Bonchev–Trinajstić information content (AvgIpc) is 3.19. The fourth-order valence-corrected chi connectivity index (χ4v) is 4.86. The van der Waals surface area contributed by atoms with Gasteiger partial charge in [0, 0.05) is 29.8 Å². The second-order valence-electron chi connectivity index (χ2n) is 8.87. The third kappa shape index (κ3) is 6.34. The summed E-state index contributed by atoms with van der Waals surface area (Å²) in [5.41, 5.74) is 0.204. The van der Waals surface area contributed by atoms with Gasteiger partial charge in [0.15, 0.2) is 5.69 Å². The normalized spacial score (nSPS) is 13.1. The SMILES string of the molecule is CCC(C)NC(=O)c1nn(-c2ccc(F)cc2)c(Oc2ccc([N+](=O)[O-])cc2S(=O)(=O)NC(C)CC)c1C. The molecule has 11 nitrogen and oxygen atoms in total. The summed E-state index contributed by atoms with van der Waals surface area (Å²) < 4.78 is 49.8. The first kappa shape index (κ1) is 28.7. The molecule has 1 aromatic heterocycles. The number of rotatable bonds is 11. The van der Waals surface area contributed by atoms with Crippen LogP contribution in [0.25, 0.3) is 5.69 Å². The summed E-state index contributed by atoms with van der Waals surface area (Å²) in [6.45, 7) is 8.76. The molecule has 2 N–H and O–H groups in total. The van der Waals surface area contributed by atoms with Crippen LogP contribution in [0.1, 0.15) is 56.6 Å². The molecule has 0 saturated carbocycles. The van der Waals surface area contributed by atoms with Gasteiger partial charge in [0.2, 0.25) is 15.9 Å². The van der Waals surface area contributed by atoms with Crippen molar-refractivity contribution in [2.45, 2.75) is 64.4 Å². The zero-order valence-electron chi connectivity index (χ0n) is 21.7. The number of nitro groups is 1. The number of non-ortho nitro benzene ring substituents is 1. The fraction of sp³-hybridized carbons (Fsp3) is 0.360. The van der Waals surface area contributed by atoms with Crippen LogP contribution in [-0.4, -0.2) is 41.1 Å². The number of nitro benzene ring substituents is 1. The Morgan fingerprint density at radius 1 is 1.13 bits per heavy atom. The minimum absolute atomic E-state index is 0.0141. The predicted octanol–water partition coefficient (Wildman–Crippen LogP) is 4.63. The first-order chi connectivity index (χ1) is 17.9. The van der Waals surface area contributed by atoms with Gasteiger partial charge >= 0.3 is 0 Å². The van der Waals surface area contributed by atoms with Crippen molar-refractivity contribution in [2.75, 3.05) is 0 Å². The van der Waals surface area contributed by atoms with E-state index in [1.807, 2.05) is 13.8 Å². The summed E-state index contributed by atoms with van der Waals surface area (Å²) in [4.78, 5) is 23.2. The minimum Gasteiger partial charge on any atom is -0.437 e. The summed E-state index contributed by atoms with van der Waals surface area (Å²) in [6, 6.07) is 7.84. The van der Waals surface area contributed by atoms with E-state index in [0.717, 1.165) is 12.1 Å². The Balaban J connectivity index is 2.19. The van der Waals surface area contributed by atoms with Crippen molar-refractivity contribution in [1.29, 1.82) is 0 Å². The summed E-state index contributed by atoms with van der Waals surface area (Å²) in [5.74, 6) is -1.20. The number of sulfonamides is 1. The molecule has 0 saturated heterocycles. The highest BCUT2D eigenvalue weighted by atomic mass is 32.2. The highest BCUT2D eigenvalue weighted by Crippen LogP contribution is 2.36. The van der Waals surface area contributed by atoms with E-state index in [1.54, 1.807) is 20.8 Å². The number of aromatic nitrogens is 2. The lowest BCUT2D eigenvalue weighted by atomic mass is 10.2. The number of ether oxygens (including phenoxy) is 1. The maximum atomic E-state index is 13.6. The van der Waals surface area contributed by atoms with E-state index < -0.39 is 43.3 Å². The highest BCUT2D eigenvalue weighted by Gasteiger charge is 2.28. The van der Waals surface area contributed by atoms with E-state index >= 15 is 0 Å². The van der Waals surface area contributed by atoms with Gasteiger partial charge in [0.1, 0.15) is 16.5 Å². The van der Waals surface area contributed by atoms with Gasteiger partial charge in [-0.2, -0.15) is 9.78 Å². The van der Waals surface area contributed by atoms with E-state index in [0.29, 0.717) is 18.5 Å². The van der Waals surface area contributed by atoms with Gasteiger partial charge in [0.25, 0.3) is 11.6 Å². The smallest absolute Gasteiger partial charge is 0.272 e. The fourth-order valence-electron chi connectivity index (χ4n) is 3.39.